The Balaban J connectivity index is 2.09. The number of anilines is 1. The smallest absolute Gasteiger partial charge is 0.356 e. The van der Waals surface area contributed by atoms with Gasteiger partial charge in [-0.3, -0.25) is 0 Å². The van der Waals surface area contributed by atoms with Gasteiger partial charge >= 0.3 is 5.97 Å². The van der Waals surface area contributed by atoms with E-state index < -0.39 is 5.97 Å². The Morgan fingerprint density at radius 3 is 2.78 bits per heavy atom. The van der Waals surface area contributed by atoms with Crippen molar-refractivity contribution in [3.63, 3.8) is 0 Å². The van der Waals surface area contributed by atoms with E-state index in [-0.39, 0.29) is 5.69 Å². The fourth-order valence-corrected chi connectivity index (χ4v) is 2.88. The maximum atomic E-state index is 10.7. The lowest BCUT2D eigenvalue weighted by molar-refractivity contribution is 0.0690. The van der Waals surface area contributed by atoms with Gasteiger partial charge in [0, 0.05) is 21.8 Å². The van der Waals surface area contributed by atoms with Crippen LogP contribution >= 0.6 is 27.3 Å². The number of hydrogen-bond acceptors (Lipinski definition) is 5. The van der Waals surface area contributed by atoms with E-state index in [9.17, 15) is 4.79 Å². The van der Waals surface area contributed by atoms with E-state index in [1.54, 1.807) is 11.3 Å². The predicted molar refractivity (Wildman–Crippen MR) is 73.1 cm³/mol. The van der Waals surface area contributed by atoms with E-state index in [0.717, 1.165) is 4.47 Å². The van der Waals surface area contributed by atoms with Crippen LogP contribution in [-0.4, -0.2) is 28.1 Å². The zero-order valence-electron chi connectivity index (χ0n) is 9.50. The van der Waals surface area contributed by atoms with Crippen molar-refractivity contribution in [2.75, 3.05) is 11.9 Å². The SMILES string of the molecule is CN(Cc1cc(Br)cs1)c1cnc(C(=O)O)cn1. The minimum absolute atomic E-state index is 0.0500. The van der Waals surface area contributed by atoms with E-state index >= 15 is 0 Å². The second kappa shape index (κ2) is 5.45. The van der Waals surface area contributed by atoms with Crippen LogP contribution in [0, 0.1) is 0 Å². The van der Waals surface area contributed by atoms with E-state index in [1.165, 1.54) is 17.3 Å². The molecule has 0 saturated carbocycles. The van der Waals surface area contributed by atoms with Crippen LogP contribution in [0.5, 0.6) is 0 Å². The highest BCUT2D eigenvalue weighted by molar-refractivity contribution is 9.10. The third-order valence-corrected chi connectivity index (χ3v) is 3.95. The van der Waals surface area contributed by atoms with Crippen molar-refractivity contribution < 1.29 is 9.90 Å². The molecule has 1 N–H and O–H groups in total. The molecule has 5 nitrogen and oxygen atoms in total. The summed E-state index contributed by atoms with van der Waals surface area (Å²) in [5.74, 6) is -0.427. The van der Waals surface area contributed by atoms with Gasteiger partial charge in [0.25, 0.3) is 0 Å². The second-order valence-corrected chi connectivity index (χ2v) is 5.56. The predicted octanol–water partition coefficient (Wildman–Crippen LogP) is 2.64. The summed E-state index contributed by atoms with van der Waals surface area (Å²) in [7, 11) is 1.89. The van der Waals surface area contributed by atoms with Crippen LogP contribution in [0.1, 0.15) is 15.4 Å². The van der Waals surface area contributed by atoms with Crippen LogP contribution in [0.2, 0.25) is 0 Å². The first-order chi connectivity index (χ1) is 8.56. The van der Waals surface area contributed by atoms with Crippen molar-refractivity contribution in [2.45, 2.75) is 6.54 Å². The Kier molecular flexibility index (Phi) is 3.93. The Morgan fingerprint density at radius 2 is 2.28 bits per heavy atom. The largest absolute Gasteiger partial charge is 0.476 e. The van der Waals surface area contributed by atoms with E-state index in [2.05, 4.69) is 25.9 Å². The van der Waals surface area contributed by atoms with Gasteiger partial charge in [0.15, 0.2) is 5.69 Å². The molecule has 0 aliphatic carbocycles. The molecule has 0 atom stereocenters. The van der Waals surface area contributed by atoms with Gasteiger partial charge in [-0.25, -0.2) is 14.8 Å². The summed E-state index contributed by atoms with van der Waals surface area (Å²) in [6.45, 7) is 0.706. The first kappa shape index (κ1) is 13.0. The summed E-state index contributed by atoms with van der Waals surface area (Å²) in [5.41, 5.74) is -0.0500. The molecule has 0 bridgehead atoms. The first-order valence-corrected chi connectivity index (χ1v) is 6.73. The van der Waals surface area contributed by atoms with Crippen LogP contribution in [0.4, 0.5) is 5.82 Å². The average Bonchev–Trinajstić information content (AvgIpc) is 2.75. The summed E-state index contributed by atoms with van der Waals surface area (Å²) in [6.07, 6.45) is 2.73. The number of thiophene rings is 1. The molecule has 0 fully saturated rings. The number of nitrogens with zero attached hydrogens (tertiary/aromatic N) is 3. The third kappa shape index (κ3) is 3.05. The highest BCUT2D eigenvalue weighted by Crippen LogP contribution is 2.22. The molecule has 0 radical (unpaired) electrons. The summed E-state index contributed by atoms with van der Waals surface area (Å²) < 4.78 is 1.06. The van der Waals surface area contributed by atoms with Gasteiger partial charge in [0.05, 0.1) is 18.9 Å². The maximum Gasteiger partial charge on any atom is 0.356 e. The van der Waals surface area contributed by atoms with Crippen molar-refractivity contribution in [1.82, 2.24) is 9.97 Å². The molecule has 7 heteroatoms. The van der Waals surface area contributed by atoms with Gasteiger partial charge in [-0.15, -0.1) is 11.3 Å². The fourth-order valence-electron chi connectivity index (χ4n) is 1.38. The molecule has 2 aromatic rings. The lowest BCUT2D eigenvalue weighted by Gasteiger charge is -2.16. The van der Waals surface area contributed by atoms with Gasteiger partial charge in [-0.2, -0.15) is 0 Å². The molecule has 0 amide bonds. The van der Waals surface area contributed by atoms with Crippen molar-refractivity contribution in [3.05, 3.63) is 38.9 Å². The number of aromatic nitrogens is 2. The molecular weight excluding hydrogens is 318 g/mol. The van der Waals surface area contributed by atoms with Gasteiger partial charge in [0.1, 0.15) is 5.82 Å². The number of carbonyl (C=O) groups is 1. The van der Waals surface area contributed by atoms with Crippen LogP contribution in [-0.2, 0) is 6.54 Å². The molecule has 0 unspecified atom stereocenters. The quantitative estimate of drug-likeness (QED) is 0.935. The first-order valence-electron chi connectivity index (χ1n) is 5.05. The van der Waals surface area contributed by atoms with Crippen molar-refractivity contribution in [3.8, 4) is 0 Å². The van der Waals surface area contributed by atoms with E-state index in [0.29, 0.717) is 12.4 Å². The normalized spacial score (nSPS) is 10.3. The number of aromatic carboxylic acids is 1. The number of halogens is 1. The highest BCUT2D eigenvalue weighted by Gasteiger charge is 2.09. The van der Waals surface area contributed by atoms with Crippen LogP contribution in [0.3, 0.4) is 0 Å². The monoisotopic (exact) mass is 327 g/mol. The van der Waals surface area contributed by atoms with Gasteiger partial charge < -0.3 is 10.0 Å². The molecular formula is C11H10BrN3O2S. The number of carboxylic acids is 1. The number of hydrogen-bond donors (Lipinski definition) is 1. The lowest BCUT2D eigenvalue weighted by atomic mass is 10.4. The average molecular weight is 328 g/mol. The minimum Gasteiger partial charge on any atom is -0.476 e. The van der Waals surface area contributed by atoms with Gasteiger partial charge in [-0.1, -0.05) is 0 Å². The maximum absolute atomic E-state index is 10.7. The molecule has 2 rings (SSSR count). The molecule has 18 heavy (non-hydrogen) atoms. The zero-order chi connectivity index (χ0) is 13.1. The Hall–Kier alpha value is -1.47. The van der Waals surface area contributed by atoms with Gasteiger partial charge in [-0.05, 0) is 22.0 Å². The molecule has 2 heterocycles. The molecule has 0 aliphatic heterocycles. The lowest BCUT2D eigenvalue weighted by Crippen LogP contribution is -2.17. The summed E-state index contributed by atoms with van der Waals surface area (Å²) in [5, 5.41) is 10.7. The van der Waals surface area contributed by atoms with Crippen molar-refractivity contribution in [2.24, 2.45) is 0 Å². The van der Waals surface area contributed by atoms with Crippen LogP contribution in [0.15, 0.2) is 28.3 Å². The summed E-state index contributed by atoms with van der Waals surface area (Å²) >= 11 is 5.05. The molecule has 0 saturated heterocycles. The standard InChI is InChI=1S/C11H10BrN3O2S/c1-15(5-8-2-7(12)6-18-8)10-4-13-9(3-14-10)11(16)17/h2-4,6H,5H2,1H3,(H,16,17). The summed E-state index contributed by atoms with van der Waals surface area (Å²) in [6, 6.07) is 2.04. The van der Waals surface area contributed by atoms with Crippen molar-refractivity contribution >= 4 is 39.1 Å². The molecule has 0 spiro atoms. The Morgan fingerprint density at radius 1 is 1.50 bits per heavy atom. The Labute approximate surface area is 116 Å². The topological polar surface area (TPSA) is 66.3 Å². The van der Waals surface area contributed by atoms with Crippen LogP contribution in [0.25, 0.3) is 0 Å². The summed E-state index contributed by atoms with van der Waals surface area (Å²) in [4.78, 5) is 21.7. The second-order valence-electron chi connectivity index (χ2n) is 3.65. The number of rotatable bonds is 4. The molecule has 94 valence electrons. The molecule has 0 aromatic carbocycles. The van der Waals surface area contributed by atoms with Gasteiger partial charge in [0.2, 0.25) is 0 Å². The highest BCUT2D eigenvalue weighted by atomic mass is 79.9. The Bertz CT molecular complexity index is 556. The molecule has 0 aliphatic rings. The number of carboxylic acid groups (broad SMARTS) is 1. The minimum atomic E-state index is -1.07. The fraction of sp³-hybridized carbons (Fsp3) is 0.182. The van der Waals surface area contributed by atoms with E-state index in [1.807, 2.05) is 23.4 Å². The zero-order valence-corrected chi connectivity index (χ0v) is 11.9. The molecule has 2 aromatic heterocycles. The van der Waals surface area contributed by atoms with Crippen molar-refractivity contribution in [1.29, 1.82) is 0 Å². The van der Waals surface area contributed by atoms with Crippen LogP contribution < -0.4 is 4.90 Å². The third-order valence-electron chi connectivity index (χ3n) is 2.26. The van der Waals surface area contributed by atoms with E-state index in [4.69, 9.17) is 5.11 Å².